The third kappa shape index (κ3) is 6.99. The zero-order chi connectivity index (χ0) is 23.2. The molecule has 1 N–H and O–H groups in total. The molecule has 1 aliphatic heterocycles. The Hall–Kier alpha value is -2.00. The number of aliphatic hydroxyl groups is 1. The molecule has 1 saturated heterocycles. The van der Waals surface area contributed by atoms with Gasteiger partial charge in [0.05, 0.1) is 25.4 Å². The lowest BCUT2D eigenvalue weighted by Gasteiger charge is -2.35. The Morgan fingerprint density at radius 1 is 0.970 bits per heavy atom. The van der Waals surface area contributed by atoms with Gasteiger partial charge in [0.2, 0.25) is 11.7 Å². The Kier molecular flexibility index (Phi) is 8.35. The molecule has 3 aromatic rings. The van der Waals surface area contributed by atoms with E-state index in [0.717, 1.165) is 37.3 Å². The molecule has 0 spiro atoms. The molecular formula is C24H28Cl2N4O3. The lowest BCUT2D eigenvalue weighted by Crippen LogP contribution is -2.48. The number of aliphatic hydroxyl groups excluding tert-OH is 1. The van der Waals surface area contributed by atoms with Gasteiger partial charge in [-0.15, -0.1) is 0 Å². The molecule has 0 bridgehead atoms. The zero-order valence-electron chi connectivity index (χ0n) is 18.5. The van der Waals surface area contributed by atoms with E-state index in [1.807, 2.05) is 55.5 Å². The van der Waals surface area contributed by atoms with Crippen molar-refractivity contribution in [2.45, 2.75) is 25.7 Å². The smallest absolute Gasteiger partial charge is 0.241 e. The summed E-state index contributed by atoms with van der Waals surface area (Å²) >= 11 is 11.9. The highest BCUT2D eigenvalue weighted by molar-refractivity contribution is 6.30. The Balaban J connectivity index is 1.17. The molecule has 2 unspecified atom stereocenters. The summed E-state index contributed by atoms with van der Waals surface area (Å²) in [5.41, 5.74) is 1.92. The lowest BCUT2D eigenvalue weighted by atomic mass is 10.1. The first-order chi connectivity index (χ1) is 16.0. The van der Waals surface area contributed by atoms with Crippen LogP contribution >= 0.6 is 23.2 Å². The van der Waals surface area contributed by atoms with Gasteiger partial charge in [0.25, 0.3) is 0 Å². The second kappa shape index (κ2) is 11.4. The molecule has 33 heavy (non-hydrogen) atoms. The van der Waals surface area contributed by atoms with Crippen LogP contribution in [0.5, 0.6) is 0 Å². The molecule has 1 aromatic heterocycles. The molecule has 2 aromatic carbocycles. The SMILES string of the molecule is CC(OCC(O)CN1CCN(Cc2nc(-c3ccc(Cl)cc3)no2)CC1)c1ccc(Cl)cc1. The van der Waals surface area contributed by atoms with Crippen molar-refractivity contribution in [3.8, 4) is 11.4 Å². The quantitative estimate of drug-likeness (QED) is 0.479. The minimum Gasteiger partial charge on any atom is -0.389 e. The van der Waals surface area contributed by atoms with Gasteiger partial charge in [-0.1, -0.05) is 40.5 Å². The number of rotatable bonds is 9. The normalized spacial score (nSPS) is 17.2. The van der Waals surface area contributed by atoms with Crippen molar-refractivity contribution in [2.75, 3.05) is 39.3 Å². The van der Waals surface area contributed by atoms with E-state index in [0.29, 0.717) is 41.5 Å². The van der Waals surface area contributed by atoms with Crippen molar-refractivity contribution < 1.29 is 14.4 Å². The van der Waals surface area contributed by atoms with E-state index < -0.39 is 6.10 Å². The molecule has 9 heteroatoms. The van der Waals surface area contributed by atoms with Gasteiger partial charge in [0.15, 0.2) is 0 Å². The largest absolute Gasteiger partial charge is 0.389 e. The summed E-state index contributed by atoms with van der Waals surface area (Å²) in [7, 11) is 0. The summed E-state index contributed by atoms with van der Waals surface area (Å²) in [5.74, 6) is 1.16. The first-order valence-corrected chi connectivity index (χ1v) is 11.8. The van der Waals surface area contributed by atoms with Crippen molar-refractivity contribution in [1.29, 1.82) is 0 Å². The van der Waals surface area contributed by atoms with Crippen LogP contribution in [0.1, 0.15) is 24.5 Å². The summed E-state index contributed by atoms with van der Waals surface area (Å²) in [4.78, 5) is 9.04. The molecular weight excluding hydrogens is 463 g/mol. The molecule has 1 aliphatic rings. The average molecular weight is 491 g/mol. The second-order valence-corrected chi connectivity index (χ2v) is 9.15. The summed E-state index contributed by atoms with van der Waals surface area (Å²) in [5, 5.41) is 15.9. The van der Waals surface area contributed by atoms with E-state index in [1.54, 1.807) is 0 Å². The maximum absolute atomic E-state index is 10.4. The predicted octanol–water partition coefficient (Wildman–Crippen LogP) is 4.30. The maximum atomic E-state index is 10.4. The third-order valence-electron chi connectivity index (χ3n) is 5.74. The number of halogens is 2. The van der Waals surface area contributed by atoms with Crippen molar-refractivity contribution in [1.82, 2.24) is 19.9 Å². The standard InChI is InChI=1S/C24H28Cl2N4O3/c1-17(18-2-6-20(25)7-3-18)32-16-22(31)14-29-10-12-30(13-11-29)15-23-27-24(28-33-23)19-4-8-21(26)9-5-19/h2-9,17,22,31H,10-16H2,1H3. The Morgan fingerprint density at radius 2 is 1.58 bits per heavy atom. The van der Waals surface area contributed by atoms with Crippen LogP contribution in [-0.4, -0.2) is 70.5 Å². The zero-order valence-corrected chi connectivity index (χ0v) is 20.0. The van der Waals surface area contributed by atoms with Crippen molar-refractivity contribution in [3.05, 3.63) is 70.0 Å². The topological polar surface area (TPSA) is 74.9 Å². The average Bonchev–Trinajstić information content (AvgIpc) is 3.28. The number of piperazine rings is 1. The highest BCUT2D eigenvalue weighted by atomic mass is 35.5. The number of hydrogen-bond donors (Lipinski definition) is 1. The van der Waals surface area contributed by atoms with E-state index in [4.69, 9.17) is 32.5 Å². The molecule has 0 amide bonds. The lowest BCUT2D eigenvalue weighted by molar-refractivity contribution is -0.0216. The highest BCUT2D eigenvalue weighted by Crippen LogP contribution is 2.21. The molecule has 176 valence electrons. The molecule has 2 heterocycles. The van der Waals surface area contributed by atoms with E-state index in [2.05, 4.69) is 19.9 Å². The van der Waals surface area contributed by atoms with Crippen LogP contribution in [0.25, 0.3) is 11.4 Å². The maximum Gasteiger partial charge on any atom is 0.241 e. The van der Waals surface area contributed by atoms with Gasteiger partial charge in [0.1, 0.15) is 0 Å². The first kappa shape index (κ1) is 24.1. The molecule has 1 fully saturated rings. The molecule has 2 atom stereocenters. The number of ether oxygens (including phenoxy) is 1. The van der Waals surface area contributed by atoms with Gasteiger partial charge >= 0.3 is 0 Å². The van der Waals surface area contributed by atoms with E-state index in [9.17, 15) is 5.11 Å². The Labute approximate surface area is 203 Å². The van der Waals surface area contributed by atoms with Crippen LogP contribution in [-0.2, 0) is 11.3 Å². The molecule has 4 rings (SSSR count). The van der Waals surface area contributed by atoms with Gasteiger partial charge < -0.3 is 14.4 Å². The van der Waals surface area contributed by atoms with Crippen molar-refractivity contribution in [2.24, 2.45) is 0 Å². The molecule has 0 saturated carbocycles. The monoisotopic (exact) mass is 490 g/mol. The van der Waals surface area contributed by atoms with E-state index in [1.165, 1.54) is 0 Å². The number of benzene rings is 2. The molecule has 0 radical (unpaired) electrons. The fourth-order valence-electron chi connectivity index (χ4n) is 3.79. The molecule has 0 aliphatic carbocycles. The minimum atomic E-state index is -0.538. The Bertz CT molecular complexity index is 1010. The summed E-state index contributed by atoms with van der Waals surface area (Å²) in [6.07, 6.45) is -0.634. The third-order valence-corrected chi connectivity index (χ3v) is 6.25. The van der Waals surface area contributed by atoms with Crippen LogP contribution in [0.2, 0.25) is 10.0 Å². The van der Waals surface area contributed by atoms with Gasteiger partial charge in [-0.3, -0.25) is 9.80 Å². The Morgan fingerprint density at radius 3 is 2.24 bits per heavy atom. The number of aromatic nitrogens is 2. The molecule has 7 nitrogen and oxygen atoms in total. The van der Waals surface area contributed by atoms with Gasteiger partial charge in [-0.2, -0.15) is 4.98 Å². The van der Waals surface area contributed by atoms with Crippen LogP contribution in [0.3, 0.4) is 0 Å². The van der Waals surface area contributed by atoms with Crippen LogP contribution in [0, 0.1) is 0 Å². The summed E-state index contributed by atoms with van der Waals surface area (Å²) < 4.78 is 11.3. The first-order valence-electron chi connectivity index (χ1n) is 11.0. The van der Waals surface area contributed by atoms with Crippen molar-refractivity contribution in [3.63, 3.8) is 0 Å². The van der Waals surface area contributed by atoms with Gasteiger partial charge in [-0.25, -0.2) is 0 Å². The summed E-state index contributed by atoms with van der Waals surface area (Å²) in [6, 6.07) is 15.0. The van der Waals surface area contributed by atoms with Crippen molar-refractivity contribution >= 4 is 23.2 Å². The second-order valence-electron chi connectivity index (χ2n) is 8.28. The number of β-amino-alcohol motifs (C(OH)–C–C–N with tert-alkyl or cyclic N) is 1. The fraction of sp³-hybridized carbons (Fsp3) is 0.417. The van der Waals surface area contributed by atoms with Crippen LogP contribution in [0.4, 0.5) is 0 Å². The number of hydrogen-bond acceptors (Lipinski definition) is 7. The van der Waals surface area contributed by atoms with Gasteiger partial charge in [0, 0.05) is 48.3 Å². The predicted molar refractivity (Wildman–Crippen MR) is 128 cm³/mol. The number of nitrogens with zero attached hydrogens (tertiary/aromatic N) is 4. The minimum absolute atomic E-state index is 0.0964. The van der Waals surface area contributed by atoms with E-state index >= 15 is 0 Å². The highest BCUT2D eigenvalue weighted by Gasteiger charge is 2.22. The van der Waals surface area contributed by atoms with Gasteiger partial charge in [-0.05, 0) is 48.9 Å². The van der Waals surface area contributed by atoms with Crippen LogP contribution in [0.15, 0.2) is 53.1 Å². The van der Waals surface area contributed by atoms with E-state index in [-0.39, 0.29) is 6.10 Å². The summed E-state index contributed by atoms with van der Waals surface area (Å²) in [6.45, 7) is 6.93. The fourth-order valence-corrected chi connectivity index (χ4v) is 4.04. The van der Waals surface area contributed by atoms with Crippen LogP contribution < -0.4 is 0 Å².